The zero-order valence-corrected chi connectivity index (χ0v) is 16.7. The highest BCUT2D eigenvalue weighted by Gasteiger charge is 2.21. The predicted molar refractivity (Wildman–Crippen MR) is 107 cm³/mol. The van der Waals surface area contributed by atoms with Gasteiger partial charge in [-0.3, -0.25) is 0 Å². The van der Waals surface area contributed by atoms with E-state index < -0.39 is 0 Å². The second kappa shape index (κ2) is 8.88. The molecule has 3 rings (SSSR count). The highest BCUT2D eigenvalue weighted by molar-refractivity contribution is 5.80. The largest absolute Gasteiger partial charge is 0.489 e. The number of fused-ring (bicyclic) bond motifs is 1. The van der Waals surface area contributed by atoms with E-state index in [0.717, 1.165) is 49.3 Å². The normalized spacial score (nSPS) is 17.9. The summed E-state index contributed by atoms with van der Waals surface area (Å²) in [4.78, 5) is 9.18. The number of aryl methyl sites for hydroxylation is 3. The molecule has 2 unspecified atom stereocenters. The first kappa shape index (κ1) is 19.2. The number of ether oxygens (including phenoxy) is 1. The molecule has 2 heterocycles. The summed E-state index contributed by atoms with van der Waals surface area (Å²) in [5.74, 6) is 3.63. The smallest absolute Gasteiger partial charge is 0.191 e. The fourth-order valence-electron chi connectivity index (χ4n) is 3.24. The summed E-state index contributed by atoms with van der Waals surface area (Å²) < 4.78 is 7.98. The van der Waals surface area contributed by atoms with Crippen molar-refractivity contribution in [1.29, 1.82) is 0 Å². The van der Waals surface area contributed by atoms with Crippen molar-refractivity contribution >= 4 is 5.96 Å². The molecule has 0 saturated heterocycles. The molecule has 7 heteroatoms. The first-order chi connectivity index (χ1) is 13.0. The molecule has 1 aromatic heterocycles. The summed E-state index contributed by atoms with van der Waals surface area (Å²) in [5.41, 5.74) is 1.19. The van der Waals surface area contributed by atoms with Crippen molar-refractivity contribution in [3.05, 3.63) is 41.5 Å². The predicted octanol–water partition coefficient (Wildman–Crippen LogP) is 2.23. The van der Waals surface area contributed by atoms with Gasteiger partial charge in [-0.25, -0.2) is 14.7 Å². The van der Waals surface area contributed by atoms with Crippen molar-refractivity contribution in [2.45, 2.75) is 59.2 Å². The van der Waals surface area contributed by atoms with Crippen molar-refractivity contribution < 1.29 is 4.74 Å². The number of guanidine groups is 1. The van der Waals surface area contributed by atoms with Gasteiger partial charge in [0.25, 0.3) is 0 Å². The Hall–Kier alpha value is -2.57. The molecule has 2 N–H and O–H groups in total. The summed E-state index contributed by atoms with van der Waals surface area (Å²) in [5, 5.41) is 11.3. The molecule has 27 heavy (non-hydrogen) atoms. The van der Waals surface area contributed by atoms with Crippen molar-refractivity contribution in [2.24, 2.45) is 4.99 Å². The Bertz CT molecular complexity index is 785. The SMILES string of the molecule is CCNC(=NCC(C)Oc1cccc(C)c1)NC1CCc2nc(C)nn2C1. The fourth-order valence-corrected chi connectivity index (χ4v) is 3.24. The van der Waals surface area contributed by atoms with Crippen LogP contribution in [0.5, 0.6) is 5.75 Å². The quantitative estimate of drug-likeness (QED) is 0.602. The monoisotopic (exact) mass is 370 g/mol. The van der Waals surface area contributed by atoms with Crippen molar-refractivity contribution in [3.63, 3.8) is 0 Å². The van der Waals surface area contributed by atoms with Crippen LogP contribution >= 0.6 is 0 Å². The van der Waals surface area contributed by atoms with E-state index in [1.165, 1.54) is 5.56 Å². The van der Waals surface area contributed by atoms with Crippen molar-refractivity contribution in [1.82, 2.24) is 25.4 Å². The summed E-state index contributed by atoms with van der Waals surface area (Å²) in [6.45, 7) is 10.3. The minimum atomic E-state index is -0.00169. The molecular formula is C20H30N6O. The zero-order valence-electron chi connectivity index (χ0n) is 16.7. The molecule has 0 aliphatic carbocycles. The third-order valence-electron chi connectivity index (χ3n) is 4.48. The molecule has 0 amide bonds. The second-order valence-corrected chi connectivity index (χ2v) is 7.10. The Labute approximate surface area is 161 Å². The fraction of sp³-hybridized carbons (Fsp3) is 0.550. The highest BCUT2D eigenvalue weighted by Crippen LogP contribution is 2.15. The second-order valence-electron chi connectivity index (χ2n) is 7.10. The van der Waals surface area contributed by atoms with E-state index in [2.05, 4.69) is 40.6 Å². The van der Waals surface area contributed by atoms with E-state index >= 15 is 0 Å². The Morgan fingerprint density at radius 2 is 2.26 bits per heavy atom. The van der Waals surface area contributed by atoms with E-state index in [0.29, 0.717) is 12.6 Å². The molecule has 1 aromatic carbocycles. The summed E-state index contributed by atoms with van der Waals surface area (Å²) >= 11 is 0. The Kier molecular flexibility index (Phi) is 6.32. The van der Waals surface area contributed by atoms with Gasteiger partial charge in [0.05, 0.1) is 13.1 Å². The molecule has 2 atom stereocenters. The average Bonchev–Trinajstić information content (AvgIpc) is 2.99. The van der Waals surface area contributed by atoms with Crippen LogP contribution in [-0.2, 0) is 13.0 Å². The Balaban J connectivity index is 1.56. The lowest BCUT2D eigenvalue weighted by Crippen LogP contribution is -2.47. The number of rotatable bonds is 6. The van der Waals surface area contributed by atoms with Gasteiger partial charge in [-0.05, 0) is 51.8 Å². The number of hydrogen-bond acceptors (Lipinski definition) is 4. The van der Waals surface area contributed by atoms with Crippen LogP contribution in [0.4, 0.5) is 0 Å². The van der Waals surface area contributed by atoms with E-state index in [1.807, 2.05) is 36.7 Å². The third kappa shape index (κ3) is 5.45. The number of aliphatic imine (C=N–C) groups is 1. The standard InChI is InChI=1S/C20H30N6O/c1-5-21-20(22-12-15(3)27-18-8-6-7-14(2)11-18)24-17-9-10-19-23-16(4)25-26(19)13-17/h6-8,11,15,17H,5,9-10,12-13H2,1-4H3,(H2,21,22,24). The molecule has 146 valence electrons. The number of nitrogens with zero attached hydrogens (tertiary/aromatic N) is 4. The lowest BCUT2D eigenvalue weighted by atomic mass is 10.1. The van der Waals surface area contributed by atoms with Gasteiger partial charge in [-0.1, -0.05) is 12.1 Å². The molecule has 0 spiro atoms. The van der Waals surface area contributed by atoms with Gasteiger partial charge in [0.2, 0.25) is 0 Å². The average molecular weight is 371 g/mol. The molecule has 2 aromatic rings. The van der Waals surface area contributed by atoms with Gasteiger partial charge in [-0.15, -0.1) is 0 Å². The number of nitrogens with one attached hydrogen (secondary N) is 2. The zero-order chi connectivity index (χ0) is 19.2. The topological polar surface area (TPSA) is 76.4 Å². The van der Waals surface area contributed by atoms with Crippen LogP contribution in [0.25, 0.3) is 0 Å². The number of hydrogen-bond donors (Lipinski definition) is 2. The highest BCUT2D eigenvalue weighted by atomic mass is 16.5. The van der Waals surface area contributed by atoms with Crippen LogP contribution in [0, 0.1) is 13.8 Å². The number of aromatic nitrogens is 3. The van der Waals surface area contributed by atoms with Crippen LogP contribution in [0.15, 0.2) is 29.3 Å². The summed E-state index contributed by atoms with van der Waals surface area (Å²) in [6, 6.07) is 8.40. The van der Waals surface area contributed by atoms with Crippen molar-refractivity contribution in [3.8, 4) is 5.75 Å². The molecule has 0 saturated carbocycles. The van der Waals surface area contributed by atoms with E-state index in [1.54, 1.807) is 0 Å². The van der Waals surface area contributed by atoms with Crippen molar-refractivity contribution in [2.75, 3.05) is 13.1 Å². The van der Waals surface area contributed by atoms with E-state index in [9.17, 15) is 0 Å². The van der Waals surface area contributed by atoms with Crippen LogP contribution in [0.1, 0.15) is 37.5 Å². The molecule has 0 fully saturated rings. The molecule has 7 nitrogen and oxygen atoms in total. The van der Waals surface area contributed by atoms with E-state index in [4.69, 9.17) is 9.73 Å². The van der Waals surface area contributed by atoms with Crippen LogP contribution in [0.3, 0.4) is 0 Å². The molecule has 1 aliphatic rings. The Morgan fingerprint density at radius 3 is 3.04 bits per heavy atom. The van der Waals surface area contributed by atoms with Crippen LogP contribution in [-0.4, -0.2) is 46.0 Å². The van der Waals surface area contributed by atoms with Gasteiger partial charge < -0.3 is 15.4 Å². The van der Waals surface area contributed by atoms with Crippen LogP contribution < -0.4 is 15.4 Å². The molecule has 0 radical (unpaired) electrons. The third-order valence-corrected chi connectivity index (χ3v) is 4.48. The lowest BCUT2D eigenvalue weighted by Gasteiger charge is -2.25. The Morgan fingerprint density at radius 1 is 1.41 bits per heavy atom. The maximum absolute atomic E-state index is 5.98. The van der Waals surface area contributed by atoms with Gasteiger partial charge >= 0.3 is 0 Å². The molecular weight excluding hydrogens is 340 g/mol. The maximum Gasteiger partial charge on any atom is 0.191 e. The van der Waals surface area contributed by atoms with Crippen LogP contribution in [0.2, 0.25) is 0 Å². The first-order valence-corrected chi connectivity index (χ1v) is 9.72. The van der Waals surface area contributed by atoms with E-state index in [-0.39, 0.29) is 6.10 Å². The summed E-state index contributed by atoms with van der Waals surface area (Å²) in [6.07, 6.45) is 1.96. The first-order valence-electron chi connectivity index (χ1n) is 9.72. The minimum Gasteiger partial charge on any atom is -0.489 e. The van der Waals surface area contributed by atoms with Gasteiger partial charge in [-0.2, -0.15) is 5.10 Å². The molecule has 0 bridgehead atoms. The van der Waals surface area contributed by atoms with Gasteiger partial charge in [0, 0.05) is 19.0 Å². The summed E-state index contributed by atoms with van der Waals surface area (Å²) in [7, 11) is 0. The minimum absolute atomic E-state index is 0.00169. The maximum atomic E-state index is 5.98. The lowest BCUT2D eigenvalue weighted by molar-refractivity contribution is 0.230. The van der Waals surface area contributed by atoms with Gasteiger partial charge in [0.15, 0.2) is 5.96 Å². The number of benzene rings is 1. The molecule has 1 aliphatic heterocycles. The van der Waals surface area contributed by atoms with Gasteiger partial charge in [0.1, 0.15) is 23.5 Å².